The van der Waals surface area contributed by atoms with Gasteiger partial charge in [-0.1, -0.05) is 238 Å². The fourth-order valence-electron chi connectivity index (χ4n) is 7.81. The summed E-state index contributed by atoms with van der Waals surface area (Å²) in [7, 11) is 0. The fourth-order valence-corrected chi connectivity index (χ4v) is 7.81. The molecule has 0 fully saturated rings. The molecule has 0 aliphatic carbocycles. The zero-order valence-corrected chi connectivity index (χ0v) is 36.9. The predicted molar refractivity (Wildman–Crippen MR) is 238 cm³/mol. The van der Waals surface area contributed by atoms with Crippen molar-refractivity contribution in [3.8, 4) is 0 Å². The number of allylic oxidation sites excluding steroid dienone is 2. The van der Waals surface area contributed by atoms with E-state index in [1.165, 1.54) is 193 Å². The van der Waals surface area contributed by atoms with Crippen LogP contribution in [0.4, 0.5) is 0 Å². The summed E-state index contributed by atoms with van der Waals surface area (Å²) >= 11 is 0. The minimum atomic E-state index is -1.26. The lowest BCUT2D eigenvalue weighted by molar-refractivity contribution is -0.132. The van der Waals surface area contributed by atoms with Crippen LogP contribution in [0, 0.1) is 0 Å². The second kappa shape index (κ2) is 44.2. The quantitative estimate of drug-likeness (QED) is 0.0312. The molecule has 55 heavy (non-hydrogen) atoms. The Morgan fingerprint density at radius 3 is 1.05 bits per heavy atom. The molecule has 4 unspecified atom stereocenters. The summed E-state index contributed by atoms with van der Waals surface area (Å²) in [5.41, 5.74) is 0. The van der Waals surface area contributed by atoms with E-state index in [0.29, 0.717) is 12.8 Å². The number of nitrogens with one attached hydrogen (secondary N) is 1. The topological polar surface area (TPSA) is 110 Å². The van der Waals surface area contributed by atoms with E-state index in [0.717, 1.165) is 44.9 Å². The van der Waals surface area contributed by atoms with Crippen LogP contribution in [0.2, 0.25) is 0 Å². The molecule has 0 saturated heterocycles. The van der Waals surface area contributed by atoms with Gasteiger partial charge in [-0.3, -0.25) is 4.79 Å². The molecule has 0 saturated carbocycles. The Labute approximate surface area is 342 Å². The summed E-state index contributed by atoms with van der Waals surface area (Å²) in [6.45, 7) is 4.07. The first-order valence-corrected chi connectivity index (χ1v) is 24.6. The maximum absolute atomic E-state index is 12.5. The number of amides is 1. The third kappa shape index (κ3) is 38.3. The molecule has 0 bridgehead atoms. The highest BCUT2D eigenvalue weighted by Crippen LogP contribution is 2.17. The molecule has 0 spiro atoms. The lowest BCUT2D eigenvalue weighted by Gasteiger charge is -2.27. The minimum Gasteiger partial charge on any atom is -0.394 e. The normalized spacial score (nSPS) is 14.1. The first-order chi connectivity index (χ1) is 27.0. The van der Waals surface area contributed by atoms with Gasteiger partial charge in [-0.2, -0.15) is 0 Å². The van der Waals surface area contributed by atoms with E-state index in [9.17, 15) is 25.2 Å². The maximum Gasteiger partial charge on any atom is 0.249 e. The van der Waals surface area contributed by atoms with Crippen LogP contribution in [-0.4, -0.2) is 57.3 Å². The summed E-state index contributed by atoms with van der Waals surface area (Å²) in [6.07, 6.45) is 49.6. The van der Waals surface area contributed by atoms with Gasteiger partial charge in [0.25, 0.3) is 0 Å². The van der Waals surface area contributed by atoms with E-state index < -0.39 is 36.9 Å². The Bertz CT molecular complexity index is 791. The van der Waals surface area contributed by atoms with Gasteiger partial charge in [0.2, 0.25) is 5.91 Å². The van der Waals surface area contributed by atoms with Crippen molar-refractivity contribution in [1.82, 2.24) is 5.32 Å². The van der Waals surface area contributed by atoms with Crippen molar-refractivity contribution in [3.05, 3.63) is 12.2 Å². The Morgan fingerprint density at radius 2 is 0.727 bits per heavy atom. The highest BCUT2D eigenvalue weighted by molar-refractivity contribution is 5.80. The number of unbranched alkanes of at least 4 members (excludes halogenated alkanes) is 34. The van der Waals surface area contributed by atoms with Gasteiger partial charge in [0, 0.05) is 0 Å². The van der Waals surface area contributed by atoms with Crippen molar-refractivity contribution in [2.24, 2.45) is 0 Å². The van der Waals surface area contributed by atoms with Crippen LogP contribution in [0.1, 0.15) is 264 Å². The molecule has 0 aliphatic rings. The third-order valence-corrected chi connectivity index (χ3v) is 11.7. The van der Waals surface area contributed by atoms with Crippen molar-refractivity contribution < 1.29 is 25.2 Å². The molecular formula is C49H97NO5. The van der Waals surface area contributed by atoms with Crippen molar-refractivity contribution in [1.29, 1.82) is 0 Å². The molecule has 1 amide bonds. The summed E-state index contributed by atoms with van der Waals surface area (Å²) in [5, 5.41) is 43.8. The van der Waals surface area contributed by atoms with Gasteiger partial charge in [0.05, 0.1) is 18.8 Å². The Hall–Kier alpha value is -0.950. The van der Waals surface area contributed by atoms with Gasteiger partial charge >= 0.3 is 0 Å². The molecule has 6 heteroatoms. The smallest absolute Gasteiger partial charge is 0.249 e. The average Bonchev–Trinajstić information content (AvgIpc) is 3.19. The van der Waals surface area contributed by atoms with Gasteiger partial charge in [-0.15, -0.1) is 0 Å². The lowest BCUT2D eigenvalue weighted by Crippen LogP contribution is -2.53. The lowest BCUT2D eigenvalue weighted by atomic mass is 9.99. The van der Waals surface area contributed by atoms with Gasteiger partial charge in [-0.25, -0.2) is 0 Å². The van der Waals surface area contributed by atoms with E-state index in [1.807, 2.05) is 0 Å². The number of hydrogen-bond acceptors (Lipinski definition) is 5. The molecule has 0 aromatic carbocycles. The molecule has 0 heterocycles. The molecule has 328 valence electrons. The summed E-state index contributed by atoms with van der Waals surface area (Å²) in [5.74, 6) is -0.585. The number of aliphatic hydroxyl groups excluding tert-OH is 4. The van der Waals surface area contributed by atoms with Gasteiger partial charge < -0.3 is 25.7 Å². The van der Waals surface area contributed by atoms with E-state index in [2.05, 4.69) is 31.3 Å². The van der Waals surface area contributed by atoms with Crippen LogP contribution >= 0.6 is 0 Å². The molecule has 0 rings (SSSR count). The molecule has 4 atom stereocenters. The van der Waals surface area contributed by atoms with Gasteiger partial charge in [0.15, 0.2) is 0 Å². The number of rotatable bonds is 45. The zero-order valence-electron chi connectivity index (χ0n) is 36.9. The largest absolute Gasteiger partial charge is 0.394 e. The number of aliphatic hydroxyl groups is 4. The minimum absolute atomic E-state index is 0.365. The molecule has 0 radical (unpaired) electrons. The summed E-state index contributed by atoms with van der Waals surface area (Å²) in [6, 6.07) is -0.985. The predicted octanol–water partition coefficient (Wildman–Crippen LogP) is 13.4. The van der Waals surface area contributed by atoms with Crippen molar-refractivity contribution in [2.45, 2.75) is 289 Å². The zero-order chi connectivity index (χ0) is 40.3. The van der Waals surface area contributed by atoms with E-state index in [-0.39, 0.29) is 0 Å². The number of carbonyl (C=O) groups excluding carboxylic acids is 1. The van der Waals surface area contributed by atoms with Crippen molar-refractivity contribution in [2.75, 3.05) is 6.61 Å². The van der Waals surface area contributed by atoms with Crippen LogP contribution in [0.25, 0.3) is 0 Å². The molecule has 6 nitrogen and oxygen atoms in total. The molecule has 5 N–H and O–H groups in total. The maximum atomic E-state index is 12.5. The molecule has 0 aromatic heterocycles. The Balaban J connectivity index is 3.68. The van der Waals surface area contributed by atoms with Gasteiger partial charge in [0.1, 0.15) is 12.2 Å². The van der Waals surface area contributed by atoms with Crippen LogP contribution in [0.5, 0.6) is 0 Å². The monoisotopic (exact) mass is 780 g/mol. The average molecular weight is 780 g/mol. The Morgan fingerprint density at radius 1 is 0.436 bits per heavy atom. The second-order valence-corrected chi connectivity index (χ2v) is 17.2. The van der Waals surface area contributed by atoms with Crippen LogP contribution in [0.15, 0.2) is 12.2 Å². The molecular weight excluding hydrogens is 683 g/mol. The third-order valence-electron chi connectivity index (χ3n) is 11.7. The van der Waals surface area contributed by atoms with E-state index in [1.54, 1.807) is 0 Å². The summed E-state index contributed by atoms with van der Waals surface area (Å²) in [4.78, 5) is 12.5. The fraction of sp³-hybridized carbons (Fsp3) is 0.939. The highest BCUT2D eigenvalue weighted by atomic mass is 16.3. The molecule has 0 aromatic rings. The highest BCUT2D eigenvalue weighted by Gasteiger charge is 2.28. The number of carbonyl (C=O) groups is 1. The summed E-state index contributed by atoms with van der Waals surface area (Å²) < 4.78 is 0. The first kappa shape index (κ1) is 54.0. The second-order valence-electron chi connectivity index (χ2n) is 17.2. The van der Waals surface area contributed by atoms with Crippen LogP contribution < -0.4 is 5.32 Å². The Kier molecular flexibility index (Phi) is 43.4. The van der Waals surface area contributed by atoms with Crippen LogP contribution in [0.3, 0.4) is 0 Å². The number of hydrogen-bond donors (Lipinski definition) is 5. The van der Waals surface area contributed by atoms with Crippen molar-refractivity contribution >= 4 is 5.91 Å². The standard InChI is InChI=1S/C49H97NO5/c1-3-5-7-9-11-13-15-17-19-21-23-24-25-27-28-30-32-34-36-38-40-42-46(52)48(54)45(44-51)50-49(55)47(53)43-41-39-37-35-33-31-29-26-22-20-18-16-14-12-10-8-6-4-2/h22,26,45-48,51-54H,3-21,23-25,27-44H2,1-2H3,(H,50,55)/b26-22-. The van der Waals surface area contributed by atoms with E-state index in [4.69, 9.17) is 0 Å². The molecule has 0 aliphatic heterocycles. The van der Waals surface area contributed by atoms with Crippen molar-refractivity contribution in [3.63, 3.8) is 0 Å². The first-order valence-electron chi connectivity index (χ1n) is 24.6. The van der Waals surface area contributed by atoms with Crippen LogP contribution in [-0.2, 0) is 4.79 Å². The SMILES string of the molecule is CCCCCCCCCC/C=C\CCCCCCCCC(O)C(=O)NC(CO)C(O)C(O)CCCCCCCCCCCCCCCCCCCCCCC. The van der Waals surface area contributed by atoms with E-state index >= 15 is 0 Å². The van der Waals surface area contributed by atoms with Gasteiger partial charge in [-0.05, 0) is 38.5 Å².